The summed E-state index contributed by atoms with van der Waals surface area (Å²) >= 11 is 0. The van der Waals surface area contributed by atoms with Crippen LogP contribution in [0.15, 0.2) is 12.4 Å². The summed E-state index contributed by atoms with van der Waals surface area (Å²) in [6.45, 7) is 5.14. The van der Waals surface area contributed by atoms with E-state index in [-0.39, 0.29) is 0 Å². The van der Waals surface area contributed by atoms with E-state index in [4.69, 9.17) is 4.74 Å². The van der Waals surface area contributed by atoms with Crippen LogP contribution in [0, 0.1) is 0 Å². The molecule has 0 bridgehead atoms. The highest BCUT2D eigenvalue weighted by molar-refractivity contribution is 5.39. The molecule has 8 nitrogen and oxygen atoms in total. The zero-order valence-electron chi connectivity index (χ0n) is 11.6. The fraction of sp³-hybridized carbons (Fsp3) is 0.500. The molecule has 3 rings (SSSR count). The van der Waals surface area contributed by atoms with Gasteiger partial charge in [0.2, 0.25) is 11.9 Å². The van der Waals surface area contributed by atoms with E-state index in [2.05, 4.69) is 34.7 Å². The number of anilines is 2. The summed E-state index contributed by atoms with van der Waals surface area (Å²) in [4.78, 5) is 19.3. The summed E-state index contributed by atoms with van der Waals surface area (Å²) in [7, 11) is 1.55. The lowest BCUT2D eigenvalue weighted by atomic mass is 10.4. The largest absolute Gasteiger partial charge is 0.467 e. The van der Waals surface area contributed by atoms with Crippen molar-refractivity contribution < 1.29 is 4.74 Å². The second kappa shape index (κ2) is 5.32. The molecule has 106 valence electrons. The van der Waals surface area contributed by atoms with Crippen LogP contribution in [0.25, 0.3) is 0 Å². The fourth-order valence-corrected chi connectivity index (χ4v) is 2.16. The number of nitrogens with zero attached hydrogens (tertiary/aromatic N) is 6. The molecule has 0 saturated heterocycles. The molecule has 1 N–H and O–H groups in total. The molecule has 0 atom stereocenters. The summed E-state index contributed by atoms with van der Waals surface area (Å²) < 4.78 is 7.28. The highest BCUT2D eigenvalue weighted by Gasteiger charge is 2.20. The molecule has 3 heterocycles. The lowest BCUT2D eigenvalue weighted by Gasteiger charge is -2.27. The van der Waals surface area contributed by atoms with Crippen molar-refractivity contribution in [1.29, 1.82) is 0 Å². The number of ether oxygens (including phenoxy) is 1. The van der Waals surface area contributed by atoms with E-state index in [1.54, 1.807) is 7.11 Å². The van der Waals surface area contributed by atoms with Gasteiger partial charge in [-0.2, -0.15) is 15.0 Å². The first-order valence-corrected chi connectivity index (χ1v) is 6.59. The third kappa shape index (κ3) is 2.36. The van der Waals surface area contributed by atoms with Gasteiger partial charge in [-0.25, -0.2) is 4.98 Å². The molecule has 2 aromatic heterocycles. The summed E-state index contributed by atoms with van der Waals surface area (Å²) in [5.74, 6) is 2.16. The number of methoxy groups -OCH3 is 1. The summed E-state index contributed by atoms with van der Waals surface area (Å²) in [5.41, 5.74) is 0. The molecule has 0 radical (unpaired) electrons. The van der Waals surface area contributed by atoms with Crippen molar-refractivity contribution in [2.75, 3.05) is 30.4 Å². The van der Waals surface area contributed by atoms with Gasteiger partial charge in [-0.05, 0) is 6.92 Å². The molecule has 0 saturated carbocycles. The highest BCUT2D eigenvalue weighted by atomic mass is 16.5. The molecule has 0 amide bonds. The second-order valence-corrected chi connectivity index (χ2v) is 4.43. The summed E-state index contributed by atoms with van der Waals surface area (Å²) in [6, 6.07) is 0.319. The Balaban J connectivity index is 1.88. The molecule has 8 heteroatoms. The van der Waals surface area contributed by atoms with Crippen LogP contribution in [0.5, 0.6) is 6.01 Å². The van der Waals surface area contributed by atoms with E-state index in [9.17, 15) is 0 Å². The third-order valence-corrected chi connectivity index (χ3v) is 3.15. The number of hydrogen-bond acceptors (Lipinski definition) is 7. The van der Waals surface area contributed by atoms with E-state index < -0.39 is 0 Å². The van der Waals surface area contributed by atoms with Gasteiger partial charge in [0.25, 0.3) is 0 Å². The van der Waals surface area contributed by atoms with Gasteiger partial charge in [0, 0.05) is 32.0 Å². The van der Waals surface area contributed by atoms with Crippen molar-refractivity contribution in [1.82, 2.24) is 24.5 Å². The topological polar surface area (TPSA) is 81.0 Å². The highest BCUT2D eigenvalue weighted by Crippen LogP contribution is 2.19. The molecule has 1 aliphatic heterocycles. The smallest absolute Gasteiger partial charge is 0.322 e. The zero-order valence-corrected chi connectivity index (χ0v) is 11.6. The number of aromatic nitrogens is 5. The van der Waals surface area contributed by atoms with Crippen LogP contribution in [0.3, 0.4) is 0 Å². The SMILES string of the molecule is CCNc1nc(OC)nc(N2CCn3ccnc3C2)n1. The Kier molecular flexibility index (Phi) is 3.36. The average Bonchev–Trinajstić information content (AvgIpc) is 2.94. The monoisotopic (exact) mass is 275 g/mol. The Morgan fingerprint density at radius 1 is 1.30 bits per heavy atom. The van der Waals surface area contributed by atoms with Crippen LogP contribution in [-0.2, 0) is 13.1 Å². The van der Waals surface area contributed by atoms with Crippen LogP contribution in [-0.4, -0.2) is 44.7 Å². The minimum atomic E-state index is 0.319. The van der Waals surface area contributed by atoms with Crippen LogP contribution < -0.4 is 15.0 Å². The number of fused-ring (bicyclic) bond motifs is 1. The van der Waals surface area contributed by atoms with Crippen molar-refractivity contribution in [2.45, 2.75) is 20.0 Å². The van der Waals surface area contributed by atoms with Gasteiger partial charge in [0.15, 0.2) is 0 Å². The van der Waals surface area contributed by atoms with Gasteiger partial charge in [0.05, 0.1) is 13.7 Å². The second-order valence-electron chi connectivity index (χ2n) is 4.43. The molecule has 0 unspecified atom stereocenters. The molecule has 0 spiro atoms. The van der Waals surface area contributed by atoms with Crippen molar-refractivity contribution in [3.8, 4) is 6.01 Å². The Hall–Kier alpha value is -2.38. The Labute approximate surface area is 116 Å². The molecule has 0 fully saturated rings. The summed E-state index contributed by atoms with van der Waals surface area (Å²) in [6.07, 6.45) is 3.81. The van der Waals surface area contributed by atoms with E-state index in [1.165, 1.54) is 0 Å². The minimum Gasteiger partial charge on any atom is -0.467 e. The molecule has 1 aliphatic rings. The Bertz CT molecular complexity index is 597. The number of nitrogens with one attached hydrogen (secondary N) is 1. The van der Waals surface area contributed by atoms with Gasteiger partial charge in [-0.15, -0.1) is 0 Å². The molecule has 0 aliphatic carbocycles. The van der Waals surface area contributed by atoms with Crippen LogP contribution in [0.1, 0.15) is 12.7 Å². The quantitative estimate of drug-likeness (QED) is 0.871. The Morgan fingerprint density at radius 2 is 2.20 bits per heavy atom. The molecular weight excluding hydrogens is 258 g/mol. The lowest BCUT2D eigenvalue weighted by Crippen LogP contribution is -2.35. The van der Waals surface area contributed by atoms with Crippen molar-refractivity contribution in [3.63, 3.8) is 0 Å². The predicted molar refractivity (Wildman–Crippen MR) is 73.8 cm³/mol. The van der Waals surface area contributed by atoms with Crippen LogP contribution in [0.2, 0.25) is 0 Å². The standard InChI is InChI=1S/C12H17N7O/c1-3-13-10-15-11(17-12(16-10)20-2)19-7-6-18-5-4-14-9(18)8-19/h4-5H,3,6-8H2,1-2H3,(H,13,15,16,17). The molecule has 20 heavy (non-hydrogen) atoms. The molecule has 2 aromatic rings. The van der Waals surface area contributed by atoms with Gasteiger partial charge < -0.3 is 19.5 Å². The number of hydrogen-bond donors (Lipinski definition) is 1. The van der Waals surface area contributed by atoms with E-state index in [0.29, 0.717) is 24.5 Å². The van der Waals surface area contributed by atoms with Gasteiger partial charge >= 0.3 is 6.01 Å². The fourth-order valence-electron chi connectivity index (χ4n) is 2.16. The first-order valence-electron chi connectivity index (χ1n) is 6.59. The minimum absolute atomic E-state index is 0.319. The lowest BCUT2D eigenvalue weighted by molar-refractivity contribution is 0.378. The maximum atomic E-state index is 5.14. The van der Waals surface area contributed by atoms with E-state index in [0.717, 1.165) is 25.5 Å². The third-order valence-electron chi connectivity index (χ3n) is 3.15. The van der Waals surface area contributed by atoms with E-state index in [1.807, 2.05) is 19.3 Å². The van der Waals surface area contributed by atoms with Crippen LogP contribution >= 0.6 is 0 Å². The van der Waals surface area contributed by atoms with Gasteiger partial charge in [0.1, 0.15) is 5.82 Å². The molecular formula is C12H17N7O. The first-order chi connectivity index (χ1) is 9.80. The van der Waals surface area contributed by atoms with E-state index >= 15 is 0 Å². The number of imidazole rings is 1. The average molecular weight is 275 g/mol. The normalized spacial score (nSPS) is 14.0. The summed E-state index contributed by atoms with van der Waals surface area (Å²) in [5, 5.41) is 3.09. The van der Waals surface area contributed by atoms with Crippen molar-refractivity contribution in [3.05, 3.63) is 18.2 Å². The molecule has 0 aromatic carbocycles. The van der Waals surface area contributed by atoms with Crippen molar-refractivity contribution >= 4 is 11.9 Å². The van der Waals surface area contributed by atoms with Crippen molar-refractivity contribution in [2.24, 2.45) is 0 Å². The van der Waals surface area contributed by atoms with Gasteiger partial charge in [-0.1, -0.05) is 0 Å². The predicted octanol–water partition coefficient (Wildman–Crippen LogP) is 0.529. The maximum absolute atomic E-state index is 5.14. The first kappa shape index (κ1) is 12.6. The van der Waals surface area contributed by atoms with Crippen LogP contribution in [0.4, 0.5) is 11.9 Å². The Morgan fingerprint density at radius 3 is 3.00 bits per heavy atom. The zero-order chi connectivity index (χ0) is 13.9. The maximum Gasteiger partial charge on any atom is 0.322 e. The van der Waals surface area contributed by atoms with Gasteiger partial charge in [-0.3, -0.25) is 0 Å². The number of rotatable bonds is 4.